The second kappa shape index (κ2) is 11.7. The monoisotopic (exact) mass is 538 g/mol. The number of carbonyl (C=O) groups is 1. The molecule has 1 amide bonds. The maximum atomic E-state index is 13.3. The standard InChI is InChI=1S/C26H30N6O5S/c27-26(28)29-25(33)23(30-38(36,37)22-12-11-18-7-2-3-8-19(18)15-22)16-20-9-6-10-21(24(20)32(34)35)17-31-13-4-1-5-14-31/h2-3,6-12,15,23,30H,1,4-5,13-14,16-17H2,(H4,27,28,29,33)/t23-/m1/s1. The van der Waals surface area contributed by atoms with Gasteiger partial charge in [-0.3, -0.25) is 30.5 Å². The van der Waals surface area contributed by atoms with Gasteiger partial charge in [-0.2, -0.15) is 4.72 Å². The summed E-state index contributed by atoms with van der Waals surface area (Å²) >= 11 is 0. The van der Waals surface area contributed by atoms with Crippen LogP contribution < -0.4 is 15.8 Å². The number of amides is 1. The van der Waals surface area contributed by atoms with Crippen LogP contribution in [0.15, 0.2) is 65.6 Å². The summed E-state index contributed by atoms with van der Waals surface area (Å²) in [5.41, 5.74) is 5.88. The topological polar surface area (TPSA) is 172 Å². The van der Waals surface area contributed by atoms with Gasteiger partial charge in [-0.25, -0.2) is 8.42 Å². The van der Waals surface area contributed by atoms with Gasteiger partial charge in [0.2, 0.25) is 15.9 Å². The first-order chi connectivity index (χ1) is 18.1. The first kappa shape index (κ1) is 27.2. The van der Waals surface area contributed by atoms with Gasteiger partial charge in [0.15, 0.2) is 5.96 Å². The summed E-state index contributed by atoms with van der Waals surface area (Å²) in [5, 5.41) is 23.2. The van der Waals surface area contributed by atoms with Crippen LogP contribution in [0.4, 0.5) is 5.69 Å². The lowest BCUT2D eigenvalue weighted by Crippen LogP contribution is -2.51. The lowest BCUT2D eigenvalue weighted by molar-refractivity contribution is -0.386. The molecule has 1 aliphatic heterocycles. The maximum absolute atomic E-state index is 13.3. The molecule has 1 atom stereocenters. The number of carbonyl (C=O) groups excluding carboxylic acids is 1. The fourth-order valence-electron chi connectivity index (χ4n) is 4.75. The molecule has 1 fully saturated rings. The Morgan fingerprint density at radius 2 is 1.71 bits per heavy atom. The van der Waals surface area contributed by atoms with E-state index in [4.69, 9.17) is 11.1 Å². The minimum atomic E-state index is -4.22. The molecule has 0 bridgehead atoms. The summed E-state index contributed by atoms with van der Waals surface area (Å²) in [6, 6.07) is 15.2. The minimum Gasteiger partial charge on any atom is -0.370 e. The average Bonchev–Trinajstić information content (AvgIpc) is 2.88. The number of nitrogens with two attached hydrogens (primary N) is 1. The van der Waals surface area contributed by atoms with Gasteiger partial charge in [-0.15, -0.1) is 0 Å². The van der Waals surface area contributed by atoms with E-state index in [1.807, 2.05) is 12.1 Å². The number of nitrogens with one attached hydrogen (secondary N) is 3. The molecule has 0 radical (unpaired) electrons. The Balaban J connectivity index is 1.66. The number of hydrogen-bond acceptors (Lipinski definition) is 7. The summed E-state index contributed by atoms with van der Waals surface area (Å²) in [6.07, 6.45) is 2.87. The second-order valence-electron chi connectivity index (χ2n) is 9.31. The summed E-state index contributed by atoms with van der Waals surface area (Å²) in [7, 11) is -4.22. The lowest BCUT2D eigenvalue weighted by Gasteiger charge is -2.26. The van der Waals surface area contributed by atoms with E-state index in [9.17, 15) is 23.3 Å². The fourth-order valence-corrected chi connectivity index (χ4v) is 5.98. The van der Waals surface area contributed by atoms with Crippen molar-refractivity contribution in [3.63, 3.8) is 0 Å². The normalized spacial score (nSPS) is 15.2. The number of benzene rings is 3. The van der Waals surface area contributed by atoms with Crippen LogP contribution in [0.25, 0.3) is 10.8 Å². The van der Waals surface area contributed by atoms with Gasteiger partial charge in [0.05, 0.1) is 9.82 Å². The van der Waals surface area contributed by atoms with Gasteiger partial charge in [0.1, 0.15) is 6.04 Å². The number of sulfonamides is 1. The highest BCUT2D eigenvalue weighted by atomic mass is 32.2. The molecule has 11 nitrogen and oxygen atoms in total. The van der Waals surface area contributed by atoms with Crippen molar-refractivity contribution in [3.8, 4) is 0 Å². The predicted molar refractivity (Wildman–Crippen MR) is 144 cm³/mol. The highest BCUT2D eigenvalue weighted by Crippen LogP contribution is 2.28. The summed E-state index contributed by atoms with van der Waals surface area (Å²) < 4.78 is 29.0. The van der Waals surface area contributed by atoms with Gasteiger partial charge in [0.25, 0.3) is 5.69 Å². The molecule has 1 aliphatic rings. The number of hydrogen-bond donors (Lipinski definition) is 4. The number of piperidine rings is 1. The van der Waals surface area contributed by atoms with Crippen LogP contribution in [0.3, 0.4) is 0 Å². The maximum Gasteiger partial charge on any atom is 0.277 e. The highest BCUT2D eigenvalue weighted by molar-refractivity contribution is 7.89. The van der Waals surface area contributed by atoms with Crippen LogP contribution in [0.2, 0.25) is 0 Å². The van der Waals surface area contributed by atoms with Crippen molar-refractivity contribution < 1.29 is 18.1 Å². The largest absolute Gasteiger partial charge is 0.370 e. The smallest absolute Gasteiger partial charge is 0.277 e. The number of nitro groups is 1. The van der Waals surface area contributed by atoms with Crippen molar-refractivity contribution >= 4 is 38.3 Å². The molecule has 3 aromatic carbocycles. The zero-order valence-electron chi connectivity index (χ0n) is 20.7. The zero-order valence-corrected chi connectivity index (χ0v) is 21.5. The van der Waals surface area contributed by atoms with Crippen LogP contribution in [0.5, 0.6) is 0 Å². The zero-order chi connectivity index (χ0) is 27.3. The molecule has 12 heteroatoms. The lowest BCUT2D eigenvalue weighted by atomic mass is 9.99. The molecule has 0 unspecified atom stereocenters. The first-order valence-corrected chi connectivity index (χ1v) is 13.8. The van der Waals surface area contributed by atoms with E-state index in [0.717, 1.165) is 37.7 Å². The molecule has 38 heavy (non-hydrogen) atoms. The first-order valence-electron chi connectivity index (χ1n) is 12.3. The molecule has 0 aliphatic carbocycles. The number of fused-ring (bicyclic) bond motifs is 1. The van der Waals surface area contributed by atoms with Gasteiger partial charge >= 0.3 is 0 Å². The van der Waals surface area contributed by atoms with Gasteiger partial charge in [-0.1, -0.05) is 55.0 Å². The van der Waals surface area contributed by atoms with Crippen molar-refractivity contribution in [3.05, 3.63) is 81.9 Å². The Hall–Kier alpha value is -3.87. The number of rotatable bonds is 9. The quantitative estimate of drug-likeness (QED) is 0.140. The molecular weight excluding hydrogens is 508 g/mol. The number of guanidine groups is 1. The van der Waals surface area contributed by atoms with Gasteiger partial charge in [-0.05, 0) is 48.8 Å². The van der Waals surface area contributed by atoms with Crippen LogP contribution in [0, 0.1) is 15.5 Å². The third-order valence-electron chi connectivity index (χ3n) is 6.56. The third kappa shape index (κ3) is 6.52. The van der Waals surface area contributed by atoms with Crippen molar-refractivity contribution in [2.75, 3.05) is 13.1 Å². The molecule has 0 saturated carbocycles. The Morgan fingerprint density at radius 3 is 2.39 bits per heavy atom. The van der Waals surface area contributed by atoms with Crippen molar-refractivity contribution in [2.24, 2.45) is 5.73 Å². The average molecular weight is 539 g/mol. The number of nitrogens with zero attached hydrogens (tertiary/aromatic N) is 2. The van der Waals surface area contributed by atoms with Crippen LogP contribution in [-0.4, -0.2) is 49.2 Å². The molecule has 0 aromatic heterocycles. The molecule has 0 spiro atoms. The van der Waals surface area contributed by atoms with Crippen LogP contribution >= 0.6 is 0 Å². The van der Waals surface area contributed by atoms with E-state index in [-0.39, 0.29) is 22.6 Å². The molecule has 3 aromatic rings. The number of nitro benzene ring substituents is 1. The number of likely N-dealkylation sites (tertiary alicyclic amines) is 1. The van der Waals surface area contributed by atoms with Crippen LogP contribution in [0.1, 0.15) is 30.4 Å². The third-order valence-corrected chi connectivity index (χ3v) is 8.02. The Kier molecular flexibility index (Phi) is 8.35. The Labute approximate surface area is 220 Å². The second-order valence-corrected chi connectivity index (χ2v) is 11.0. The molecule has 1 saturated heterocycles. The molecule has 5 N–H and O–H groups in total. The van der Waals surface area contributed by atoms with Gasteiger partial charge < -0.3 is 5.73 Å². The van der Waals surface area contributed by atoms with Gasteiger partial charge in [0, 0.05) is 24.1 Å². The Morgan fingerprint density at radius 1 is 1.03 bits per heavy atom. The molecular formula is C26H30N6O5S. The molecule has 1 heterocycles. The van der Waals surface area contributed by atoms with Crippen molar-refractivity contribution in [1.29, 1.82) is 5.41 Å². The van der Waals surface area contributed by atoms with E-state index < -0.39 is 32.9 Å². The van der Waals surface area contributed by atoms with Crippen molar-refractivity contribution in [2.45, 2.75) is 43.2 Å². The summed E-state index contributed by atoms with van der Waals surface area (Å²) in [6.45, 7) is 2.07. The Bertz CT molecular complexity index is 1470. The minimum absolute atomic E-state index is 0.0647. The number of para-hydroxylation sites is 1. The SMILES string of the molecule is N=C(N)NC(=O)[C@@H](Cc1cccc(CN2CCCCC2)c1[N+](=O)[O-])NS(=O)(=O)c1ccc2ccccc2c1. The van der Waals surface area contributed by atoms with E-state index in [1.165, 1.54) is 18.2 Å². The fraction of sp³-hybridized carbons (Fsp3) is 0.308. The predicted octanol–water partition coefficient (Wildman–Crippen LogP) is 2.63. The van der Waals surface area contributed by atoms with E-state index in [1.54, 1.807) is 30.3 Å². The summed E-state index contributed by atoms with van der Waals surface area (Å²) in [5.74, 6) is -1.56. The van der Waals surface area contributed by atoms with Crippen molar-refractivity contribution in [1.82, 2.24) is 14.9 Å². The molecule has 4 rings (SSSR count). The van der Waals surface area contributed by atoms with Crippen LogP contribution in [-0.2, 0) is 27.8 Å². The highest BCUT2D eigenvalue weighted by Gasteiger charge is 2.30. The van der Waals surface area contributed by atoms with E-state index >= 15 is 0 Å². The molecule has 200 valence electrons. The summed E-state index contributed by atoms with van der Waals surface area (Å²) in [4.78, 5) is 26.7. The van der Waals surface area contributed by atoms with E-state index in [0.29, 0.717) is 17.5 Å². The van der Waals surface area contributed by atoms with E-state index in [2.05, 4.69) is 14.9 Å².